The third-order valence-electron chi connectivity index (χ3n) is 3.70. The van der Waals surface area contributed by atoms with Gasteiger partial charge in [0.2, 0.25) is 5.95 Å². The molecule has 0 fully saturated rings. The summed E-state index contributed by atoms with van der Waals surface area (Å²) in [4.78, 5) is 22.2. The number of hydrogen-bond acceptors (Lipinski definition) is 5. The zero-order valence-electron chi connectivity index (χ0n) is 12.5. The molecule has 0 aliphatic carbocycles. The summed E-state index contributed by atoms with van der Waals surface area (Å²) in [6.07, 6.45) is 2.48. The molecule has 1 aromatic carbocycles. The molecule has 22 heavy (non-hydrogen) atoms. The largest absolute Gasteiger partial charge is 0.484 e. The second-order valence-corrected chi connectivity index (χ2v) is 5.37. The molecule has 3 rings (SSSR count). The lowest BCUT2D eigenvalue weighted by atomic mass is 10.1. The van der Waals surface area contributed by atoms with E-state index in [9.17, 15) is 4.79 Å². The highest BCUT2D eigenvalue weighted by Gasteiger charge is 2.22. The molecule has 6 nitrogen and oxygen atoms in total. The summed E-state index contributed by atoms with van der Waals surface area (Å²) in [5, 5.41) is 0. The summed E-state index contributed by atoms with van der Waals surface area (Å²) in [6, 6.07) is 7.64. The van der Waals surface area contributed by atoms with Gasteiger partial charge in [-0.25, -0.2) is 9.97 Å². The van der Waals surface area contributed by atoms with E-state index < -0.39 is 0 Å². The summed E-state index contributed by atoms with van der Waals surface area (Å²) in [7, 11) is 0. The van der Waals surface area contributed by atoms with E-state index in [2.05, 4.69) is 9.97 Å². The highest BCUT2D eigenvalue weighted by molar-refractivity contribution is 5.78. The highest BCUT2D eigenvalue weighted by atomic mass is 16.5. The first kappa shape index (κ1) is 14.3. The average molecular weight is 298 g/mol. The van der Waals surface area contributed by atoms with Crippen molar-refractivity contribution in [2.24, 2.45) is 0 Å². The number of carbonyl (C=O) groups excluding carboxylic acids is 1. The number of aryl methyl sites for hydroxylation is 1. The number of carbonyl (C=O) groups is 1. The maximum Gasteiger partial charge on any atom is 0.260 e. The van der Waals surface area contributed by atoms with Gasteiger partial charge in [0.15, 0.2) is 6.61 Å². The number of rotatable bonds is 3. The van der Waals surface area contributed by atoms with E-state index >= 15 is 0 Å². The van der Waals surface area contributed by atoms with E-state index in [1.807, 2.05) is 31.2 Å². The lowest BCUT2D eigenvalue weighted by Crippen LogP contribution is -2.39. The zero-order chi connectivity index (χ0) is 15.5. The summed E-state index contributed by atoms with van der Waals surface area (Å²) in [5.41, 5.74) is 8.63. The fraction of sp³-hybridized carbons (Fsp3) is 0.312. The number of hydrogen-bond donors (Lipinski definition) is 1. The van der Waals surface area contributed by atoms with Gasteiger partial charge in [-0.3, -0.25) is 4.79 Å². The number of nitrogens with two attached hydrogens (primary N) is 1. The molecule has 2 heterocycles. The summed E-state index contributed by atoms with van der Waals surface area (Å²) in [5.74, 6) is 0.885. The molecule has 2 N–H and O–H groups in total. The van der Waals surface area contributed by atoms with Gasteiger partial charge in [-0.15, -0.1) is 0 Å². The van der Waals surface area contributed by atoms with Crippen molar-refractivity contribution in [2.75, 3.05) is 18.9 Å². The van der Waals surface area contributed by atoms with E-state index in [0.29, 0.717) is 18.8 Å². The Morgan fingerprint density at radius 2 is 2.14 bits per heavy atom. The molecule has 1 aliphatic heterocycles. The van der Waals surface area contributed by atoms with E-state index in [-0.39, 0.29) is 18.5 Å². The third-order valence-corrected chi connectivity index (χ3v) is 3.70. The fourth-order valence-corrected chi connectivity index (χ4v) is 2.40. The smallest absolute Gasteiger partial charge is 0.260 e. The number of amides is 1. The molecule has 1 amide bonds. The van der Waals surface area contributed by atoms with Crippen molar-refractivity contribution in [3.63, 3.8) is 0 Å². The topological polar surface area (TPSA) is 81.3 Å². The van der Waals surface area contributed by atoms with Gasteiger partial charge < -0.3 is 15.4 Å². The van der Waals surface area contributed by atoms with Crippen LogP contribution in [0.2, 0.25) is 0 Å². The molecule has 1 aromatic heterocycles. The molecule has 0 spiro atoms. The van der Waals surface area contributed by atoms with Crippen molar-refractivity contribution in [1.82, 2.24) is 14.9 Å². The molecule has 114 valence electrons. The lowest BCUT2D eigenvalue weighted by molar-refractivity contribution is -0.134. The van der Waals surface area contributed by atoms with Gasteiger partial charge in [0.25, 0.3) is 5.91 Å². The Balaban J connectivity index is 1.60. The molecular formula is C16H18N4O2. The Bertz CT molecular complexity index is 685. The highest BCUT2D eigenvalue weighted by Crippen LogP contribution is 2.17. The molecule has 2 aromatic rings. The van der Waals surface area contributed by atoms with Crippen LogP contribution in [0.4, 0.5) is 5.95 Å². The van der Waals surface area contributed by atoms with Crippen LogP contribution in [0.1, 0.15) is 16.8 Å². The fourth-order valence-electron chi connectivity index (χ4n) is 2.40. The quantitative estimate of drug-likeness (QED) is 0.924. The zero-order valence-corrected chi connectivity index (χ0v) is 12.5. The Labute approximate surface area is 128 Å². The Morgan fingerprint density at radius 1 is 1.36 bits per heavy atom. The lowest BCUT2D eigenvalue weighted by Gasteiger charge is -2.27. The molecule has 0 radical (unpaired) electrons. The van der Waals surface area contributed by atoms with Crippen LogP contribution in [-0.4, -0.2) is 33.9 Å². The van der Waals surface area contributed by atoms with Crippen LogP contribution >= 0.6 is 0 Å². The van der Waals surface area contributed by atoms with Crippen molar-refractivity contribution >= 4 is 11.9 Å². The number of nitrogens with zero attached hydrogens (tertiary/aromatic N) is 3. The maximum atomic E-state index is 12.3. The van der Waals surface area contributed by atoms with Crippen molar-refractivity contribution in [3.8, 4) is 5.75 Å². The van der Waals surface area contributed by atoms with Crippen LogP contribution in [-0.2, 0) is 17.8 Å². The molecule has 0 bridgehead atoms. The van der Waals surface area contributed by atoms with Gasteiger partial charge in [-0.05, 0) is 31.0 Å². The Kier molecular flexibility index (Phi) is 3.91. The first-order valence-electron chi connectivity index (χ1n) is 7.19. The summed E-state index contributed by atoms with van der Waals surface area (Å²) >= 11 is 0. The molecule has 0 unspecified atom stereocenters. The number of benzene rings is 1. The summed E-state index contributed by atoms with van der Waals surface area (Å²) in [6.45, 7) is 3.14. The molecule has 1 aliphatic rings. The van der Waals surface area contributed by atoms with E-state index in [4.69, 9.17) is 10.5 Å². The standard InChI is InChI=1S/C16H18N4O2/c1-11-2-4-13(5-3-11)22-10-15(21)20-7-6-12-8-18-16(17)19-14(12)9-20/h2-5,8H,6-7,9-10H2,1H3,(H2,17,18,19). The van der Waals surface area contributed by atoms with Crippen molar-refractivity contribution < 1.29 is 9.53 Å². The van der Waals surface area contributed by atoms with Crippen LogP contribution in [0.3, 0.4) is 0 Å². The van der Waals surface area contributed by atoms with Crippen molar-refractivity contribution in [2.45, 2.75) is 19.9 Å². The van der Waals surface area contributed by atoms with Crippen LogP contribution in [0.5, 0.6) is 5.75 Å². The van der Waals surface area contributed by atoms with Gasteiger partial charge >= 0.3 is 0 Å². The number of nitrogen functional groups attached to an aromatic ring is 1. The minimum Gasteiger partial charge on any atom is -0.484 e. The predicted octanol–water partition coefficient (Wildman–Crippen LogP) is 1.33. The van der Waals surface area contributed by atoms with Crippen LogP contribution in [0, 0.1) is 6.92 Å². The van der Waals surface area contributed by atoms with Crippen molar-refractivity contribution in [1.29, 1.82) is 0 Å². The van der Waals surface area contributed by atoms with Crippen LogP contribution < -0.4 is 10.5 Å². The van der Waals surface area contributed by atoms with Crippen LogP contribution in [0.25, 0.3) is 0 Å². The molecule has 0 atom stereocenters. The second-order valence-electron chi connectivity index (χ2n) is 5.37. The molecule has 0 saturated carbocycles. The Hall–Kier alpha value is -2.63. The number of anilines is 1. The van der Waals surface area contributed by atoms with Crippen molar-refractivity contribution in [3.05, 3.63) is 47.3 Å². The molecule has 6 heteroatoms. The van der Waals surface area contributed by atoms with E-state index in [0.717, 1.165) is 23.2 Å². The monoisotopic (exact) mass is 298 g/mol. The predicted molar refractivity (Wildman–Crippen MR) is 82.2 cm³/mol. The number of aromatic nitrogens is 2. The van der Waals surface area contributed by atoms with Gasteiger partial charge in [-0.1, -0.05) is 17.7 Å². The van der Waals surface area contributed by atoms with Crippen LogP contribution in [0.15, 0.2) is 30.5 Å². The van der Waals surface area contributed by atoms with E-state index in [1.165, 1.54) is 0 Å². The second kappa shape index (κ2) is 6.01. The normalized spacial score (nSPS) is 13.6. The summed E-state index contributed by atoms with van der Waals surface area (Å²) < 4.78 is 5.54. The SMILES string of the molecule is Cc1ccc(OCC(=O)N2CCc3cnc(N)nc3C2)cc1. The minimum atomic E-state index is -0.0524. The third kappa shape index (κ3) is 3.16. The first-order valence-corrected chi connectivity index (χ1v) is 7.19. The molecular weight excluding hydrogens is 280 g/mol. The minimum absolute atomic E-state index is 0.0267. The first-order chi connectivity index (χ1) is 10.6. The van der Waals surface area contributed by atoms with Gasteiger partial charge in [0, 0.05) is 12.7 Å². The van der Waals surface area contributed by atoms with Gasteiger partial charge in [-0.2, -0.15) is 0 Å². The maximum absolute atomic E-state index is 12.3. The van der Waals surface area contributed by atoms with E-state index in [1.54, 1.807) is 11.1 Å². The molecule has 0 saturated heterocycles. The van der Waals surface area contributed by atoms with Gasteiger partial charge in [0.05, 0.1) is 12.2 Å². The number of fused-ring (bicyclic) bond motifs is 1. The Morgan fingerprint density at radius 3 is 2.91 bits per heavy atom. The number of ether oxygens (including phenoxy) is 1. The average Bonchev–Trinajstić information content (AvgIpc) is 2.53. The van der Waals surface area contributed by atoms with Gasteiger partial charge in [0.1, 0.15) is 5.75 Å².